The van der Waals surface area contributed by atoms with Gasteiger partial charge in [0.25, 0.3) is 0 Å². The van der Waals surface area contributed by atoms with Crippen molar-refractivity contribution in [3.8, 4) is 0 Å². The maximum absolute atomic E-state index is 4.23. The van der Waals surface area contributed by atoms with Crippen LogP contribution in [0.2, 0.25) is 0 Å². The second-order valence-corrected chi connectivity index (χ2v) is 5.30. The summed E-state index contributed by atoms with van der Waals surface area (Å²) in [5.41, 5.74) is 1.15. The highest BCUT2D eigenvalue weighted by Crippen LogP contribution is 2.30. The van der Waals surface area contributed by atoms with Crippen molar-refractivity contribution in [1.82, 2.24) is 20.3 Å². The maximum atomic E-state index is 4.23. The first kappa shape index (κ1) is 12.6. The lowest BCUT2D eigenvalue weighted by Crippen LogP contribution is -2.26. The largest absolute Gasteiger partial charge is 0.319 e. The van der Waals surface area contributed by atoms with Crippen LogP contribution in [-0.4, -0.2) is 28.6 Å². The third-order valence-electron chi connectivity index (χ3n) is 3.90. The first-order chi connectivity index (χ1) is 8.29. The average molecular weight is 236 g/mol. The molecule has 96 valence electrons. The Balaban J connectivity index is 1.99. The topological polar surface area (TPSA) is 42.7 Å². The van der Waals surface area contributed by atoms with Crippen molar-refractivity contribution in [3.05, 3.63) is 11.9 Å². The van der Waals surface area contributed by atoms with E-state index >= 15 is 0 Å². The highest BCUT2D eigenvalue weighted by molar-refractivity contribution is 4.95. The summed E-state index contributed by atoms with van der Waals surface area (Å²) in [7, 11) is 4.00. The first-order valence-corrected chi connectivity index (χ1v) is 6.79. The SMILES string of the molecule is CNCC1CCCCCC1Cc1cn(C)nn1. The molecule has 0 spiro atoms. The number of aromatic nitrogens is 3. The zero-order valence-corrected chi connectivity index (χ0v) is 11.0. The molecule has 0 aromatic carbocycles. The van der Waals surface area contributed by atoms with E-state index in [0.717, 1.165) is 30.5 Å². The standard InChI is InChI=1S/C13H24N4/c1-14-9-12-7-5-3-4-6-11(12)8-13-10-17(2)16-15-13/h10-12,14H,3-9H2,1-2H3. The first-order valence-electron chi connectivity index (χ1n) is 6.79. The Hall–Kier alpha value is -0.900. The predicted molar refractivity (Wildman–Crippen MR) is 68.7 cm³/mol. The van der Waals surface area contributed by atoms with Gasteiger partial charge in [-0.25, -0.2) is 0 Å². The van der Waals surface area contributed by atoms with Crippen LogP contribution in [0.4, 0.5) is 0 Å². The molecule has 4 nitrogen and oxygen atoms in total. The second-order valence-electron chi connectivity index (χ2n) is 5.30. The van der Waals surface area contributed by atoms with Crippen LogP contribution in [0.5, 0.6) is 0 Å². The maximum Gasteiger partial charge on any atom is 0.0829 e. The number of nitrogens with one attached hydrogen (secondary N) is 1. The number of aryl methyl sites for hydroxylation is 1. The Morgan fingerprint density at radius 3 is 2.71 bits per heavy atom. The van der Waals surface area contributed by atoms with Gasteiger partial charge in [0.15, 0.2) is 0 Å². The summed E-state index contributed by atoms with van der Waals surface area (Å²) < 4.78 is 1.80. The molecule has 1 aromatic heterocycles. The fraction of sp³-hybridized carbons (Fsp3) is 0.846. The van der Waals surface area contributed by atoms with Gasteiger partial charge in [0, 0.05) is 13.2 Å². The molecule has 1 aliphatic carbocycles. The normalized spacial score (nSPS) is 25.8. The minimum Gasteiger partial charge on any atom is -0.319 e. The van der Waals surface area contributed by atoms with E-state index in [1.54, 1.807) is 4.68 Å². The fourth-order valence-corrected chi connectivity index (χ4v) is 3.02. The summed E-state index contributed by atoms with van der Waals surface area (Å²) in [6.45, 7) is 1.14. The molecule has 1 fully saturated rings. The molecular weight excluding hydrogens is 212 g/mol. The van der Waals surface area contributed by atoms with Gasteiger partial charge in [0.05, 0.1) is 5.69 Å². The Morgan fingerprint density at radius 1 is 1.29 bits per heavy atom. The monoisotopic (exact) mass is 236 g/mol. The van der Waals surface area contributed by atoms with E-state index < -0.39 is 0 Å². The van der Waals surface area contributed by atoms with E-state index in [1.165, 1.54) is 32.1 Å². The third kappa shape index (κ3) is 3.53. The van der Waals surface area contributed by atoms with Gasteiger partial charge in [-0.2, -0.15) is 0 Å². The Kier molecular flexibility index (Phi) is 4.54. The van der Waals surface area contributed by atoms with Crippen molar-refractivity contribution in [2.45, 2.75) is 38.5 Å². The molecule has 1 N–H and O–H groups in total. The molecule has 2 rings (SSSR count). The molecule has 2 unspecified atom stereocenters. The van der Waals surface area contributed by atoms with E-state index in [0.29, 0.717) is 0 Å². The molecule has 0 radical (unpaired) electrons. The van der Waals surface area contributed by atoms with Gasteiger partial charge in [-0.15, -0.1) is 5.10 Å². The van der Waals surface area contributed by atoms with Crippen molar-refractivity contribution >= 4 is 0 Å². The lowest BCUT2D eigenvalue weighted by Gasteiger charge is -2.24. The number of nitrogens with zero attached hydrogens (tertiary/aromatic N) is 3. The predicted octanol–water partition coefficient (Wildman–Crippen LogP) is 1.77. The summed E-state index contributed by atoms with van der Waals surface area (Å²) in [6.07, 6.45) is 10.0. The average Bonchev–Trinajstić information content (AvgIpc) is 2.58. The van der Waals surface area contributed by atoms with E-state index in [-0.39, 0.29) is 0 Å². The van der Waals surface area contributed by atoms with E-state index in [9.17, 15) is 0 Å². The van der Waals surface area contributed by atoms with Crippen molar-refractivity contribution in [1.29, 1.82) is 0 Å². The van der Waals surface area contributed by atoms with Crippen LogP contribution < -0.4 is 5.32 Å². The molecule has 17 heavy (non-hydrogen) atoms. The zero-order valence-electron chi connectivity index (χ0n) is 11.0. The fourth-order valence-electron chi connectivity index (χ4n) is 3.02. The molecule has 1 aliphatic rings. The smallest absolute Gasteiger partial charge is 0.0829 e. The van der Waals surface area contributed by atoms with E-state index in [2.05, 4.69) is 28.9 Å². The van der Waals surface area contributed by atoms with Gasteiger partial charge in [0.2, 0.25) is 0 Å². The van der Waals surface area contributed by atoms with Crippen LogP contribution in [0.1, 0.15) is 37.8 Å². The number of hydrogen-bond acceptors (Lipinski definition) is 3. The minimum absolute atomic E-state index is 0.779. The zero-order chi connectivity index (χ0) is 12.1. The van der Waals surface area contributed by atoms with Crippen LogP contribution in [0.25, 0.3) is 0 Å². The highest BCUT2D eigenvalue weighted by atomic mass is 15.4. The highest BCUT2D eigenvalue weighted by Gasteiger charge is 2.24. The summed E-state index contributed by atoms with van der Waals surface area (Å²) in [5, 5.41) is 11.6. The lowest BCUT2D eigenvalue weighted by molar-refractivity contribution is 0.302. The number of hydrogen-bond donors (Lipinski definition) is 1. The van der Waals surface area contributed by atoms with Gasteiger partial charge in [-0.05, 0) is 44.7 Å². The van der Waals surface area contributed by atoms with Crippen LogP contribution in [0.3, 0.4) is 0 Å². The second kappa shape index (κ2) is 6.15. The Labute approximate surface area is 104 Å². The van der Waals surface area contributed by atoms with Crippen LogP contribution in [0.15, 0.2) is 6.20 Å². The molecule has 4 heteroatoms. The molecule has 0 bridgehead atoms. The Bertz CT molecular complexity index is 334. The van der Waals surface area contributed by atoms with Crippen molar-refractivity contribution in [2.75, 3.05) is 13.6 Å². The van der Waals surface area contributed by atoms with Crippen molar-refractivity contribution in [3.63, 3.8) is 0 Å². The summed E-state index contributed by atoms with van der Waals surface area (Å²) in [6, 6.07) is 0. The molecule has 0 aliphatic heterocycles. The molecule has 1 heterocycles. The molecule has 1 saturated carbocycles. The van der Waals surface area contributed by atoms with Crippen LogP contribution in [-0.2, 0) is 13.5 Å². The minimum atomic E-state index is 0.779. The Morgan fingerprint density at radius 2 is 2.06 bits per heavy atom. The molecule has 0 saturated heterocycles. The van der Waals surface area contributed by atoms with Gasteiger partial charge in [-0.1, -0.05) is 24.5 Å². The molecule has 0 amide bonds. The van der Waals surface area contributed by atoms with Crippen molar-refractivity contribution in [2.24, 2.45) is 18.9 Å². The lowest BCUT2D eigenvalue weighted by atomic mass is 9.84. The van der Waals surface area contributed by atoms with Crippen LogP contribution in [0, 0.1) is 11.8 Å². The summed E-state index contributed by atoms with van der Waals surface area (Å²) >= 11 is 0. The van der Waals surface area contributed by atoms with E-state index in [4.69, 9.17) is 0 Å². The summed E-state index contributed by atoms with van der Waals surface area (Å²) in [4.78, 5) is 0. The van der Waals surface area contributed by atoms with Gasteiger partial charge < -0.3 is 5.32 Å². The van der Waals surface area contributed by atoms with Crippen LogP contribution >= 0.6 is 0 Å². The summed E-state index contributed by atoms with van der Waals surface area (Å²) in [5.74, 6) is 1.59. The van der Waals surface area contributed by atoms with Crippen molar-refractivity contribution < 1.29 is 0 Å². The molecule has 1 aromatic rings. The number of rotatable bonds is 4. The van der Waals surface area contributed by atoms with Gasteiger partial charge >= 0.3 is 0 Å². The van der Waals surface area contributed by atoms with Gasteiger partial charge in [0.1, 0.15) is 0 Å². The third-order valence-corrected chi connectivity index (χ3v) is 3.90. The van der Waals surface area contributed by atoms with Gasteiger partial charge in [-0.3, -0.25) is 4.68 Å². The molecular formula is C13H24N4. The van der Waals surface area contributed by atoms with E-state index in [1.807, 2.05) is 7.05 Å². The quantitative estimate of drug-likeness (QED) is 0.810. The molecule has 2 atom stereocenters.